The lowest BCUT2D eigenvalue weighted by Gasteiger charge is -2.23. The number of hydrogen-bond donors (Lipinski definition) is 2. The Morgan fingerprint density at radius 3 is 1.81 bits per heavy atom. The van der Waals surface area contributed by atoms with Crippen LogP contribution in [0.3, 0.4) is 0 Å². The van der Waals surface area contributed by atoms with E-state index in [4.69, 9.17) is 9.47 Å². The van der Waals surface area contributed by atoms with Crippen LogP contribution < -0.4 is 19.5 Å². The summed E-state index contributed by atoms with van der Waals surface area (Å²) in [5.41, 5.74) is 5.13. The summed E-state index contributed by atoms with van der Waals surface area (Å²) in [7, 11) is -0.840. The van der Waals surface area contributed by atoms with Crippen molar-refractivity contribution in [1.29, 1.82) is 0 Å². The van der Waals surface area contributed by atoms with Gasteiger partial charge in [0.15, 0.2) is 11.6 Å². The molecule has 9 heteroatoms. The summed E-state index contributed by atoms with van der Waals surface area (Å²) in [6, 6.07) is 10.0. The Bertz CT molecular complexity index is 1420. The van der Waals surface area contributed by atoms with Gasteiger partial charge in [0, 0.05) is 34.5 Å². The monoisotopic (exact) mass is 530 g/mol. The van der Waals surface area contributed by atoms with E-state index >= 15 is 0 Å². The lowest BCUT2D eigenvalue weighted by molar-refractivity contribution is 0.401. The topological polar surface area (TPSA) is 76.7 Å². The van der Waals surface area contributed by atoms with E-state index in [2.05, 4.69) is 11.4 Å². The van der Waals surface area contributed by atoms with E-state index in [9.17, 15) is 17.2 Å². The molecule has 0 aromatic heterocycles. The van der Waals surface area contributed by atoms with Crippen LogP contribution in [0.5, 0.6) is 11.5 Å². The summed E-state index contributed by atoms with van der Waals surface area (Å²) < 4.78 is 66.1. The number of rotatable bonds is 9. The van der Waals surface area contributed by atoms with Crippen molar-refractivity contribution in [1.82, 2.24) is 0 Å². The molecule has 3 rings (SSSR count). The summed E-state index contributed by atoms with van der Waals surface area (Å²) in [6.07, 6.45) is 2.93. The van der Waals surface area contributed by atoms with Gasteiger partial charge >= 0.3 is 0 Å². The zero-order valence-corrected chi connectivity index (χ0v) is 22.9. The van der Waals surface area contributed by atoms with Gasteiger partial charge in [0.1, 0.15) is 17.2 Å². The highest BCUT2D eigenvalue weighted by Crippen LogP contribution is 2.48. The van der Waals surface area contributed by atoms with Crippen LogP contribution >= 0.6 is 0 Å². The first-order chi connectivity index (χ1) is 17.4. The van der Waals surface area contributed by atoms with Gasteiger partial charge in [0.25, 0.3) is 0 Å². The molecule has 3 aromatic rings. The molecule has 198 valence electrons. The average Bonchev–Trinajstić information content (AvgIpc) is 2.81. The number of sulfonamides is 1. The van der Waals surface area contributed by atoms with Gasteiger partial charge in [-0.05, 0) is 63.1 Å². The third-order valence-corrected chi connectivity index (χ3v) is 6.48. The molecular weight excluding hydrogens is 498 g/mol. The fourth-order valence-electron chi connectivity index (χ4n) is 4.28. The minimum atomic E-state index is -3.87. The first kappa shape index (κ1) is 28.0. The van der Waals surface area contributed by atoms with Crippen molar-refractivity contribution in [2.45, 2.75) is 27.7 Å². The van der Waals surface area contributed by atoms with Gasteiger partial charge < -0.3 is 14.8 Å². The van der Waals surface area contributed by atoms with Crippen LogP contribution in [-0.4, -0.2) is 35.4 Å². The summed E-state index contributed by atoms with van der Waals surface area (Å²) in [5.74, 6) is -1.11. The van der Waals surface area contributed by atoms with E-state index in [1.54, 1.807) is 6.92 Å². The molecular formula is C28H32F2N2O4S. The maximum absolute atomic E-state index is 14.8. The molecule has 6 nitrogen and oxygen atoms in total. The highest BCUT2D eigenvalue weighted by molar-refractivity contribution is 7.92. The summed E-state index contributed by atoms with van der Waals surface area (Å²) in [4.78, 5) is 0. The van der Waals surface area contributed by atoms with Crippen molar-refractivity contribution in [2.75, 3.05) is 37.1 Å². The Hall–Kier alpha value is -3.59. The fourth-order valence-corrected chi connectivity index (χ4v) is 4.84. The van der Waals surface area contributed by atoms with Crippen LogP contribution in [0.1, 0.15) is 25.0 Å². The van der Waals surface area contributed by atoms with Crippen molar-refractivity contribution >= 4 is 21.4 Å². The highest BCUT2D eigenvalue weighted by atomic mass is 32.2. The molecule has 0 amide bonds. The number of allylic oxidation sites excluding steroid dienone is 1. The van der Waals surface area contributed by atoms with Crippen LogP contribution in [0, 0.1) is 25.5 Å². The molecule has 0 atom stereocenters. The van der Waals surface area contributed by atoms with Gasteiger partial charge in [0.05, 0.1) is 20.5 Å². The minimum absolute atomic E-state index is 0.190. The summed E-state index contributed by atoms with van der Waals surface area (Å²) in [6.45, 7) is 8.45. The molecule has 0 bridgehead atoms. The van der Waals surface area contributed by atoms with E-state index in [0.29, 0.717) is 22.6 Å². The maximum Gasteiger partial charge on any atom is 0.230 e. The van der Waals surface area contributed by atoms with Crippen molar-refractivity contribution in [3.05, 3.63) is 70.8 Å². The Morgan fingerprint density at radius 2 is 1.38 bits per heavy atom. The van der Waals surface area contributed by atoms with E-state index < -0.39 is 27.3 Å². The van der Waals surface area contributed by atoms with E-state index in [0.717, 1.165) is 47.3 Å². The summed E-state index contributed by atoms with van der Waals surface area (Å²) in [5, 5.41) is 3.35. The van der Waals surface area contributed by atoms with Crippen molar-refractivity contribution < 1.29 is 26.7 Å². The third kappa shape index (κ3) is 6.22. The molecule has 0 aliphatic rings. The SMILES string of the molecule is COc1c(C)c(-c2cc(F)c(NS(C)(=O)=O)c(F)c2)c(OC)c(C)c1-c1ccc(NCC=C(C)C)cc1. The van der Waals surface area contributed by atoms with E-state index in [1.165, 1.54) is 19.8 Å². The number of halogens is 2. The van der Waals surface area contributed by atoms with Gasteiger partial charge in [0.2, 0.25) is 10.0 Å². The molecule has 3 aromatic carbocycles. The second-order valence-corrected chi connectivity index (χ2v) is 10.7. The molecule has 0 fully saturated rings. The van der Waals surface area contributed by atoms with Crippen LogP contribution in [0.15, 0.2) is 48.0 Å². The highest BCUT2D eigenvalue weighted by Gasteiger charge is 2.25. The first-order valence-electron chi connectivity index (χ1n) is 11.6. The Balaban J connectivity index is 2.15. The van der Waals surface area contributed by atoms with E-state index in [-0.39, 0.29) is 5.56 Å². The lowest BCUT2D eigenvalue weighted by atomic mass is 9.89. The number of methoxy groups -OCH3 is 2. The number of ether oxygens (including phenoxy) is 2. The Morgan fingerprint density at radius 1 is 0.892 bits per heavy atom. The molecule has 0 spiro atoms. The normalized spacial score (nSPS) is 11.2. The smallest absolute Gasteiger partial charge is 0.230 e. The minimum Gasteiger partial charge on any atom is -0.496 e. The predicted octanol–water partition coefficient (Wildman–Crippen LogP) is 6.68. The second kappa shape index (κ2) is 11.2. The predicted molar refractivity (Wildman–Crippen MR) is 146 cm³/mol. The number of benzene rings is 3. The van der Waals surface area contributed by atoms with Crippen LogP contribution in [-0.2, 0) is 10.0 Å². The largest absolute Gasteiger partial charge is 0.496 e. The average molecular weight is 531 g/mol. The first-order valence-corrected chi connectivity index (χ1v) is 13.5. The second-order valence-electron chi connectivity index (χ2n) is 9.00. The Kier molecular flexibility index (Phi) is 8.48. The number of hydrogen-bond acceptors (Lipinski definition) is 5. The molecule has 0 aliphatic heterocycles. The maximum atomic E-state index is 14.8. The standard InChI is InChI=1S/C28H32F2N2O4S/c1-16(2)12-13-31-21-10-8-19(9-11-21)24-17(3)28(36-6)25(18(4)27(24)35-5)20-14-22(29)26(23(30)15-20)32-37(7,33)34/h8-12,14-15,31-32H,13H2,1-7H3. The number of anilines is 2. The van der Waals surface area contributed by atoms with E-state index in [1.807, 2.05) is 49.8 Å². The van der Waals surface area contributed by atoms with Crippen LogP contribution in [0.25, 0.3) is 22.3 Å². The molecule has 0 radical (unpaired) electrons. The molecule has 0 saturated carbocycles. The molecule has 0 aliphatic carbocycles. The molecule has 2 N–H and O–H groups in total. The van der Waals surface area contributed by atoms with Gasteiger partial charge in [-0.15, -0.1) is 0 Å². The molecule has 0 saturated heterocycles. The van der Waals surface area contributed by atoms with Gasteiger partial charge in [-0.2, -0.15) is 0 Å². The lowest BCUT2D eigenvalue weighted by Crippen LogP contribution is -2.12. The van der Waals surface area contributed by atoms with Crippen LogP contribution in [0.4, 0.5) is 20.2 Å². The zero-order valence-electron chi connectivity index (χ0n) is 22.0. The van der Waals surface area contributed by atoms with Gasteiger partial charge in [-0.1, -0.05) is 23.8 Å². The van der Waals surface area contributed by atoms with Crippen molar-refractivity contribution in [2.24, 2.45) is 0 Å². The number of nitrogens with one attached hydrogen (secondary N) is 2. The molecule has 0 heterocycles. The third-order valence-electron chi connectivity index (χ3n) is 5.90. The fraction of sp³-hybridized carbons (Fsp3) is 0.286. The zero-order chi connectivity index (χ0) is 27.5. The quantitative estimate of drug-likeness (QED) is 0.302. The van der Waals surface area contributed by atoms with Gasteiger partial charge in [-0.25, -0.2) is 17.2 Å². The molecule has 0 unspecified atom stereocenters. The van der Waals surface area contributed by atoms with Gasteiger partial charge in [-0.3, -0.25) is 4.72 Å². The molecule has 37 heavy (non-hydrogen) atoms. The Labute approximate surface area is 217 Å². The van der Waals surface area contributed by atoms with Crippen molar-refractivity contribution in [3.63, 3.8) is 0 Å². The van der Waals surface area contributed by atoms with Crippen molar-refractivity contribution in [3.8, 4) is 33.8 Å². The summed E-state index contributed by atoms with van der Waals surface area (Å²) >= 11 is 0. The van der Waals surface area contributed by atoms with Crippen LogP contribution in [0.2, 0.25) is 0 Å².